The molecule has 0 atom stereocenters. The maximum atomic E-state index is 10.6. The van der Waals surface area contributed by atoms with Crippen LogP contribution in [0.5, 0.6) is 0 Å². The van der Waals surface area contributed by atoms with Crippen molar-refractivity contribution in [2.45, 2.75) is 12.8 Å². The molecule has 4 nitrogen and oxygen atoms in total. The zero-order valence-electron chi connectivity index (χ0n) is 11.5. The Morgan fingerprint density at radius 3 is 2.14 bits per heavy atom. The van der Waals surface area contributed by atoms with Gasteiger partial charge in [0.25, 0.3) is 0 Å². The molecule has 2 rings (SSSR count). The fraction of sp³-hybridized carbons (Fsp3) is 0.125. The van der Waals surface area contributed by atoms with Crippen molar-refractivity contribution in [2.75, 3.05) is 0 Å². The molecule has 0 spiro atoms. The largest absolute Gasteiger partial charge is 0.481 e. The number of hydrogen-bond acceptors (Lipinski definition) is 3. The number of rotatable bonds is 5. The number of aliphatic carboxylic acids is 1. The van der Waals surface area contributed by atoms with Crippen LogP contribution in [0, 0.1) is 0 Å². The molecule has 0 fully saturated rings. The number of carboxylic acid groups (broad SMARTS) is 1. The van der Waals surface area contributed by atoms with Crippen LogP contribution in [0.1, 0.15) is 18.4 Å². The van der Waals surface area contributed by atoms with E-state index in [2.05, 4.69) is 5.16 Å². The molecule has 0 bridgehead atoms. The minimum absolute atomic E-state index is 0.0893. The quantitative estimate of drug-likeness (QED) is 0.471. The molecule has 0 saturated carbocycles. The Morgan fingerprint density at radius 1 is 0.955 bits per heavy atom. The van der Waals surface area contributed by atoms with Gasteiger partial charge in [-0.05, 0) is 28.8 Å². The van der Waals surface area contributed by atoms with Crippen molar-refractivity contribution >= 4 is 34.9 Å². The molecule has 0 amide bonds. The first-order chi connectivity index (χ1) is 10.5. The van der Waals surface area contributed by atoms with Gasteiger partial charge in [0.2, 0.25) is 0 Å². The van der Waals surface area contributed by atoms with E-state index < -0.39 is 5.97 Å². The molecular formula is C16H13Cl2NO3. The summed E-state index contributed by atoms with van der Waals surface area (Å²) in [7, 11) is 0. The molecule has 2 N–H and O–H groups in total. The summed E-state index contributed by atoms with van der Waals surface area (Å²) in [5.41, 5.74) is 2.85. The lowest BCUT2D eigenvalue weighted by atomic mass is 10.0. The van der Waals surface area contributed by atoms with Crippen LogP contribution < -0.4 is 0 Å². The number of carboxylic acids is 1. The van der Waals surface area contributed by atoms with Crippen LogP contribution in [0.15, 0.2) is 47.6 Å². The number of benzene rings is 2. The second-order valence-corrected chi connectivity index (χ2v) is 5.46. The van der Waals surface area contributed by atoms with Gasteiger partial charge in [0, 0.05) is 6.42 Å². The summed E-state index contributed by atoms with van der Waals surface area (Å²) in [4.78, 5) is 10.6. The number of nitrogens with zero attached hydrogens (tertiary/aromatic N) is 1. The van der Waals surface area contributed by atoms with Crippen LogP contribution in [0.3, 0.4) is 0 Å². The van der Waals surface area contributed by atoms with Gasteiger partial charge in [0.05, 0.1) is 22.2 Å². The van der Waals surface area contributed by atoms with E-state index in [4.69, 9.17) is 33.5 Å². The molecule has 6 heteroatoms. The van der Waals surface area contributed by atoms with Gasteiger partial charge in [-0.3, -0.25) is 4.79 Å². The molecule has 2 aromatic carbocycles. The second-order valence-electron chi connectivity index (χ2n) is 4.65. The average Bonchev–Trinajstić information content (AvgIpc) is 2.51. The standard InChI is InChI=1S/C16H13Cl2NO3/c17-13-6-5-12(9-14(13)18)10-1-3-11(4-2-10)15(19-22)7-8-16(20)21/h1-6,9,22H,7-8H2,(H,20,21). The van der Waals surface area contributed by atoms with Crippen LogP contribution in [0.4, 0.5) is 0 Å². The number of hydrogen-bond donors (Lipinski definition) is 2. The summed E-state index contributed by atoms with van der Waals surface area (Å²) >= 11 is 11.9. The number of carbonyl (C=O) groups is 1. The minimum Gasteiger partial charge on any atom is -0.481 e. The summed E-state index contributed by atoms with van der Waals surface area (Å²) < 4.78 is 0. The van der Waals surface area contributed by atoms with Gasteiger partial charge < -0.3 is 10.3 Å². The first-order valence-electron chi connectivity index (χ1n) is 6.50. The Bertz CT molecular complexity index is 712. The van der Waals surface area contributed by atoms with Gasteiger partial charge in [-0.2, -0.15) is 0 Å². The van der Waals surface area contributed by atoms with E-state index in [0.717, 1.165) is 11.1 Å². The second kappa shape index (κ2) is 7.29. The molecule has 0 unspecified atom stereocenters. The van der Waals surface area contributed by atoms with Crippen LogP contribution in [-0.2, 0) is 4.79 Å². The fourth-order valence-corrected chi connectivity index (χ4v) is 2.31. The molecule has 0 aliphatic heterocycles. The fourth-order valence-electron chi connectivity index (χ4n) is 2.01. The zero-order chi connectivity index (χ0) is 16.1. The zero-order valence-corrected chi connectivity index (χ0v) is 13.0. The Hall–Kier alpha value is -2.04. The molecule has 0 aliphatic rings. The lowest BCUT2D eigenvalue weighted by molar-refractivity contribution is -0.136. The highest BCUT2D eigenvalue weighted by Crippen LogP contribution is 2.28. The van der Waals surface area contributed by atoms with Gasteiger partial charge in [-0.15, -0.1) is 0 Å². The molecule has 0 radical (unpaired) electrons. The highest BCUT2D eigenvalue weighted by Gasteiger charge is 2.08. The maximum Gasteiger partial charge on any atom is 0.303 e. The SMILES string of the molecule is O=C(O)CCC(=NO)c1ccc(-c2ccc(Cl)c(Cl)c2)cc1. The van der Waals surface area contributed by atoms with E-state index in [0.29, 0.717) is 21.3 Å². The normalized spacial score (nSPS) is 11.5. The molecule has 0 aliphatic carbocycles. The smallest absolute Gasteiger partial charge is 0.303 e. The maximum absolute atomic E-state index is 10.6. The molecule has 0 saturated heterocycles. The van der Waals surface area contributed by atoms with Crippen LogP contribution in [-0.4, -0.2) is 22.0 Å². The molecule has 0 aromatic heterocycles. The summed E-state index contributed by atoms with van der Waals surface area (Å²) in [6, 6.07) is 12.6. The van der Waals surface area contributed by atoms with E-state index >= 15 is 0 Å². The average molecular weight is 338 g/mol. The number of oxime groups is 1. The molecule has 2 aromatic rings. The third-order valence-electron chi connectivity index (χ3n) is 3.17. The van der Waals surface area contributed by atoms with Crippen molar-refractivity contribution in [3.8, 4) is 11.1 Å². The Balaban J connectivity index is 2.22. The Labute approximate surface area is 137 Å². The van der Waals surface area contributed by atoms with Gasteiger partial charge in [-0.1, -0.05) is 58.7 Å². The van der Waals surface area contributed by atoms with Crippen molar-refractivity contribution in [1.29, 1.82) is 0 Å². The van der Waals surface area contributed by atoms with Gasteiger partial charge in [0.1, 0.15) is 0 Å². The third kappa shape index (κ3) is 4.00. The van der Waals surface area contributed by atoms with Crippen molar-refractivity contribution in [2.24, 2.45) is 5.16 Å². The highest BCUT2D eigenvalue weighted by molar-refractivity contribution is 6.42. The minimum atomic E-state index is -0.937. The summed E-state index contributed by atoms with van der Waals surface area (Å²) in [6.07, 6.45) is 0.0753. The van der Waals surface area contributed by atoms with E-state index in [-0.39, 0.29) is 12.8 Å². The first-order valence-corrected chi connectivity index (χ1v) is 7.25. The lowest BCUT2D eigenvalue weighted by Crippen LogP contribution is -2.05. The van der Waals surface area contributed by atoms with Crippen molar-refractivity contribution in [3.05, 3.63) is 58.1 Å². The van der Waals surface area contributed by atoms with E-state index in [1.54, 1.807) is 24.3 Å². The number of halogens is 2. The molecule has 0 heterocycles. The first kappa shape index (κ1) is 16.3. The van der Waals surface area contributed by atoms with Crippen LogP contribution >= 0.6 is 23.2 Å². The third-order valence-corrected chi connectivity index (χ3v) is 3.91. The van der Waals surface area contributed by atoms with E-state index in [1.807, 2.05) is 18.2 Å². The van der Waals surface area contributed by atoms with E-state index in [9.17, 15) is 4.79 Å². The Morgan fingerprint density at radius 2 is 1.59 bits per heavy atom. The monoisotopic (exact) mass is 337 g/mol. The highest BCUT2D eigenvalue weighted by atomic mass is 35.5. The van der Waals surface area contributed by atoms with Crippen molar-refractivity contribution in [1.82, 2.24) is 0 Å². The van der Waals surface area contributed by atoms with Crippen molar-refractivity contribution < 1.29 is 15.1 Å². The molecule has 22 heavy (non-hydrogen) atoms. The topological polar surface area (TPSA) is 69.9 Å². The predicted molar refractivity (Wildman–Crippen MR) is 87.1 cm³/mol. The van der Waals surface area contributed by atoms with Crippen LogP contribution in [0.25, 0.3) is 11.1 Å². The van der Waals surface area contributed by atoms with Gasteiger partial charge in [-0.25, -0.2) is 0 Å². The summed E-state index contributed by atoms with van der Waals surface area (Å²) in [6.45, 7) is 0. The van der Waals surface area contributed by atoms with Gasteiger partial charge in [0.15, 0.2) is 0 Å². The summed E-state index contributed by atoms with van der Waals surface area (Å²) in [5.74, 6) is -0.937. The summed E-state index contributed by atoms with van der Waals surface area (Å²) in [5, 5.41) is 21.8. The molecule has 114 valence electrons. The van der Waals surface area contributed by atoms with Crippen LogP contribution in [0.2, 0.25) is 10.0 Å². The molecular weight excluding hydrogens is 325 g/mol. The lowest BCUT2D eigenvalue weighted by Gasteiger charge is -2.07. The van der Waals surface area contributed by atoms with Gasteiger partial charge >= 0.3 is 5.97 Å². The van der Waals surface area contributed by atoms with Crippen molar-refractivity contribution in [3.63, 3.8) is 0 Å². The Kier molecular flexibility index (Phi) is 5.41. The predicted octanol–water partition coefficient (Wildman–Crippen LogP) is 4.70. The van der Waals surface area contributed by atoms with E-state index in [1.165, 1.54) is 0 Å².